The summed E-state index contributed by atoms with van der Waals surface area (Å²) >= 11 is 0. The number of hydrazone groups is 1. The lowest BCUT2D eigenvalue weighted by Gasteiger charge is -2.00. The molecule has 48 valence electrons. The smallest absolute Gasteiger partial charge is 0.146 e. The van der Waals surface area contributed by atoms with Gasteiger partial charge in [-0.05, 0) is 6.08 Å². The van der Waals surface area contributed by atoms with Crippen molar-refractivity contribution < 1.29 is 4.39 Å². The normalized spacial score (nSPS) is 22.3. The first kappa shape index (κ1) is 6.01. The summed E-state index contributed by atoms with van der Waals surface area (Å²) < 4.78 is 12.4. The summed E-state index contributed by atoms with van der Waals surface area (Å²) in [5.74, 6) is 4.53. The first-order valence-electron chi connectivity index (χ1n) is 2.64. The van der Waals surface area contributed by atoms with E-state index in [1.54, 1.807) is 12.2 Å². The second-order valence-corrected chi connectivity index (χ2v) is 1.72. The molecule has 0 saturated heterocycles. The first-order valence-corrected chi connectivity index (χ1v) is 2.64. The van der Waals surface area contributed by atoms with Gasteiger partial charge in [-0.3, -0.25) is 0 Å². The number of halogens is 1. The lowest BCUT2D eigenvalue weighted by molar-refractivity contribution is 0.675. The SMILES string of the molecule is NN=C1CC=CC=C1F. The minimum absolute atomic E-state index is 0.317. The van der Waals surface area contributed by atoms with Gasteiger partial charge in [0, 0.05) is 6.42 Å². The Balaban J connectivity index is 2.83. The summed E-state index contributed by atoms with van der Waals surface area (Å²) in [5, 5.41) is 3.25. The number of nitrogens with zero attached hydrogens (tertiary/aromatic N) is 1. The van der Waals surface area contributed by atoms with Crippen LogP contribution in [0.4, 0.5) is 4.39 Å². The van der Waals surface area contributed by atoms with Gasteiger partial charge < -0.3 is 5.84 Å². The highest BCUT2D eigenvalue weighted by Gasteiger charge is 2.05. The second-order valence-electron chi connectivity index (χ2n) is 1.72. The van der Waals surface area contributed by atoms with Crippen molar-refractivity contribution in [3.8, 4) is 0 Å². The number of rotatable bonds is 0. The Morgan fingerprint density at radius 3 is 2.89 bits per heavy atom. The Labute approximate surface area is 52.5 Å². The molecule has 0 amide bonds. The molecule has 0 atom stereocenters. The van der Waals surface area contributed by atoms with E-state index < -0.39 is 0 Å². The largest absolute Gasteiger partial charge is 0.323 e. The maximum absolute atomic E-state index is 12.4. The van der Waals surface area contributed by atoms with E-state index in [9.17, 15) is 4.39 Å². The van der Waals surface area contributed by atoms with Crippen LogP contribution in [0.15, 0.2) is 29.2 Å². The Morgan fingerprint density at radius 2 is 2.44 bits per heavy atom. The molecule has 2 N–H and O–H groups in total. The third-order valence-corrected chi connectivity index (χ3v) is 1.12. The zero-order valence-corrected chi connectivity index (χ0v) is 4.84. The third kappa shape index (κ3) is 1.16. The van der Waals surface area contributed by atoms with Gasteiger partial charge >= 0.3 is 0 Å². The number of hydrogen-bond acceptors (Lipinski definition) is 2. The Bertz CT molecular complexity index is 191. The molecule has 0 aromatic heterocycles. The van der Waals surface area contributed by atoms with E-state index in [0.29, 0.717) is 12.1 Å². The van der Waals surface area contributed by atoms with Crippen LogP contribution in [0.3, 0.4) is 0 Å². The van der Waals surface area contributed by atoms with E-state index in [2.05, 4.69) is 5.10 Å². The molecule has 0 unspecified atom stereocenters. The zero-order valence-electron chi connectivity index (χ0n) is 4.84. The molecule has 3 heteroatoms. The van der Waals surface area contributed by atoms with Crippen molar-refractivity contribution in [2.45, 2.75) is 6.42 Å². The number of allylic oxidation sites excluding steroid dienone is 4. The maximum atomic E-state index is 12.4. The molecular formula is C6H7FN2. The van der Waals surface area contributed by atoms with E-state index in [4.69, 9.17) is 5.84 Å². The summed E-state index contributed by atoms with van der Waals surface area (Å²) in [7, 11) is 0. The highest BCUT2D eigenvalue weighted by Crippen LogP contribution is 2.09. The number of nitrogens with two attached hydrogens (primary N) is 1. The van der Waals surface area contributed by atoms with Crippen molar-refractivity contribution >= 4 is 5.71 Å². The topological polar surface area (TPSA) is 38.4 Å². The van der Waals surface area contributed by atoms with Crippen LogP contribution in [-0.4, -0.2) is 5.71 Å². The highest BCUT2D eigenvalue weighted by atomic mass is 19.1. The van der Waals surface area contributed by atoms with Crippen LogP contribution in [0.25, 0.3) is 0 Å². The van der Waals surface area contributed by atoms with Gasteiger partial charge in [-0.2, -0.15) is 5.10 Å². The molecule has 1 aliphatic rings. The summed E-state index contributed by atoms with van der Waals surface area (Å²) in [6, 6.07) is 0. The molecule has 9 heavy (non-hydrogen) atoms. The van der Waals surface area contributed by atoms with E-state index in [1.807, 2.05) is 0 Å². The summed E-state index contributed by atoms with van der Waals surface area (Å²) in [6.45, 7) is 0. The van der Waals surface area contributed by atoms with Gasteiger partial charge in [0.25, 0.3) is 0 Å². The minimum Gasteiger partial charge on any atom is -0.323 e. The summed E-state index contributed by atoms with van der Waals surface area (Å²) in [6.07, 6.45) is 5.28. The van der Waals surface area contributed by atoms with Crippen LogP contribution in [0.5, 0.6) is 0 Å². The van der Waals surface area contributed by atoms with Gasteiger partial charge in [0.05, 0.1) is 5.71 Å². The maximum Gasteiger partial charge on any atom is 0.146 e. The van der Waals surface area contributed by atoms with Crippen LogP contribution in [0.2, 0.25) is 0 Å². The molecule has 0 fully saturated rings. The summed E-state index contributed by atoms with van der Waals surface area (Å²) in [5.41, 5.74) is 0.317. The monoisotopic (exact) mass is 126 g/mol. The van der Waals surface area contributed by atoms with Crippen molar-refractivity contribution in [2.24, 2.45) is 10.9 Å². The molecule has 0 heterocycles. The fourth-order valence-electron chi connectivity index (χ4n) is 0.640. The lowest BCUT2D eigenvalue weighted by atomic mass is 10.1. The van der Waals surface area contributed by atoms with Gasteiger partial charge in [-0.1, -0.05) is 12.2 Å². The van der Waals surface area contributed by atoms with E-state index in [-0.39, 0.29) is 5.83 Å². The average molecular weight is 126 g/mol. The molecule has 0 saturated carbocycles. The third-order valence-electron chi connectivity index (χ3n) is 1.12. The van der Waals surface area contributed by atoms with Gasteiger partial charge in [-0.15, -0.1) is 0 Å². The molecule has 0 radical (unpaired) electrons. The van der Waals surface area contributed by atoms with Crippen LogP contribution in [-0.2, 0) is 0 Å². The Hall–Kier alpha value is -1.12. The van der Waals surface area contributed by atoms with Crippen LogP contribution in [0, 0.1) is 0 Å². The lowest BCUT2D eigenvalue weighted by Crippen LogP contribution is -2.03. The van der Waals surface area contributed by atoms with Crippen molar-refractivity contribution in [2.75, 3.05) is 0 Å². The standard InChI is InChI=1S/C6H7FN2/c7-5-3-1-2-4-6(5)9-8/h1-3H,4,8H2. The predicted molar refractivity (Wildman–Crippen MR) is 34.6 cm³/mol. The molecule has 0 bridgehead atoms. The molecule has 0 aromatic rings. The molecule has 0 aliphatic heterocycles. The van der Waals surface area contributed by atoms with Gasteiger partial charge in [0.2, 0.25) is 0 Å². The van der Waals surface area contributed by atoms with Gasteiger partial charge in [0.1, 0.15) is 5.83 Å². The van der Waals surface area contributed by atoms with Crippen LogP contribution >= 0.6 is 0 Å². The van der Waals surface area contributed by atoms with E-state index in [0.717, 1.165) is 0 Å². The first-order chi connectivity index (χ1) is 4.34. The molecule has 1 aliphatic carbocycles. The van der Waals surface area contributed by atoms with E-state index in [1.165, 1.54) is 6.08 Å². The summed E-state index contributed by atoms with van der Waals surface area (Å²) in [4.78, 5) is 0. The van der Waals surface area contributed by atoms with Crippen molar-refractivity contribution in [1.29, 1.82) is 0 Å². The van der Waals surface area contributed by atoms with Gasteiger partial charge in [-0.25, -0.2) is 4.39 Å². The van der Waals surface area contributed by atoms with Gasteiger partial charge in [0.15, 0.2) is 0 Å². The molecule has 0 spiro atoms. The Morgan fingerprint density at radius 1 is 1.67 bits per heavy atom. The quantitative estimate of drug-likeness (QED) is 0.383. The van der Waals surface area contributed by atoms with Crippen molar-refractivity contribution in [3.63, 3.8) is 0 Å². The van der Waals surface area contributed by atoms with Crippen LogP contribution < -0.4 is 5.84 Å². The Kier molecular flexibility index (Phi) is 1.63. The van der Waals surface area contributed by atoms with Crippen molar-refractivity contribution in [1.82, 2.24) is 0 Å². The highest BCUT2D eigenvalue weighted by molar-refractivity contribution is 6.00. The second kappa shape index (κ2) is 2.44. The minimum atomic E-state index is -0.333. The van der Waals surface area contributed by atoms with E-state index >= 15 is 0 Å². The molecular weight excluding hydrogens is 119 g/mol. The van der Waals surface area contributed by atoms with Crippen molar-refractivity contribution in [3.05, 3.63) is 24.1 Å². The molecule has 1 rings (SSSR count). The predicted octanol–water partition coefficient (Wildman–Crippen LogP) is 1.11. The van der Waals surface area contributed by atoms with Crippen LogP contribution in [0.1, 0.15) is 6.42 Å². The molecule has 2 nitrogen and oxygen atoms in total. The number of hydrogen-bond donors (Lipinski definition) is 1. The average Bonchev–Trinajstić information content (AvgIpc) is 1.89. The molecule has 0 aromatic carbocycles. The zero-order chi connectivity index (χ0) is 6.69. The fraction of sp³-hybridized carbons (Fsp3) is 0.167. The fourth-order valence-corrected chi connectivity index (χ4v) is 0.640.